The number of likely N-dealkylation sites (tertiary alicyclic amines) is 1. The molecule has 2 aliphatic heterocycles. The summed E-state index contributed by atoms with van der Waals surface area (Å²) >= 11 is 0. The van der Waals surface area contributed by atoms with Crippen molar-refractivity contribution in [2.75, 3.05) is 39.8 Å². The Morgan fingerprint density at radius 1 is 1.03 bits per heavy atom. The van der Waals surface area contributed by atoms with E-state index < -0.39 is 10.0 Å². The predicted octanol–water partition coefficient (Wildman–Crippen LogP) is 3.11. The topological polar surface area (TPSA) is 69.7 Å². The molecule has 0 bridgehead atoms. The Labute approximate surface area is 181 Å². The molecule has 0 aromatic heterocycles. The van der Waals surface area contributed by atoms with Gasteiger partial charge in [0.1, 0.15) is 0 Å². The van der Waals surface area contributed by atoms with Gasteiger partial charge in [-0.3, -0.25) is 4.79 Å². The largest absolute Gasteiger partial charge is 0.353 e. The zero-order valence-corrected chi connectivity index (χ0v) is 18.9. The zero-order chi connectivity index (χ0) is 21.4. The Morgan fingerprint density at radius 2 is 1.67 bits per heavy atom. The summed E-state index contributed by atoms with van der Waals surface area (Å²) < 4.78 is 27.3. The highest BCUT2D eigenvalue weighted by molar-refractivity contribution is 7.89. The fourth-order valence-electron chi connectivity index (χ4n) is 4.16. The maximum Gasteiger partial charge on any atom is 0.243 e. The van der Waals surface area contributed by atoms with Crippen LogP contribution in [-0.2, 0) is 14.8 Å². The molecule has 0 atom stereocenters. The van der Waals surface area contributed by atoms with Crippen molar-refractivity contribution in [1.29, 1.82) is 0 Å². The maximum absolute atomic E-state index is 12.8. The first kappa shape index (κ1) is 23.0. The Kier molecular flexibility index (Phi) is 8.48. The second-order valence-electron chi connectivity index (χ2n) is 8.55. The molecule has 0 unspecified atom stereocenters. The lowest BCUT2D eigenvalue weighted by Gasteiger charge is -2.28. The van der Waals surface area contributed by atoms with E-state index in [4.69, 9.17) is 0 Å². The van der Waals surface area contributed by atoms with Gasteiger partial charge in [-0.05, 0) is 81.9 Å². The molecule has 0 aliphatic carbocycles. The third-order valence-electron chi connectivity index (χ3n) is 6.20. The van der Waals surface area contributed by atoms with Crippen LogP contribution in [0.25, 0.3) is 6.08 Å². The Bertz CT molecular complexity index is 805. The Balaban J connectivity index is 1.47. The number of hydrogen-bond acceptors (Lipinski definition) is 4. The van der Waals surface area contributed by atoms with Crippen molar-refractivity contribution in [1.82, 2.24) is 14.5 Å². The molecule has 1 N–H and O–H groups in total. The number of benzene rings is 1. The number of sulfonamides is 1. The van der Waals surface area contributed by atoms with Gasteiger partial charge >= 0.3 is 0 Å². The molecule has 2 saturated heterocycles. The number of rotatable bonds is 7. The minimum atomic E-state index is -3.43. The van der Waals surface area contributed by atoms with Gasteiger partial charge in [0.05, 0.1) is 4.90 Å². The van der Waals surface area contributed by atoms with Gasteiger partial charge in [0.15, 0.2) is 0 Å². The van der Waals surface area contributed by atoms with Gasteiger partial charge in [-0.25, -0.2) is 8.42 Å². The third-order valence-corrected chi connectivity index (χ3v) is 8.11. The molecule has 2 aliphatic rings. The lowest BCUT2D eigenvalue weighted by Crippen LogP contribution is -2.32. The molecule has 2 fully saturated rings. The van der Waals surface area contributed by atoms with Crippen LogP contribution in [0.2, 0.25) is 0 Å². The van der Waals surface area contributed by atoms with Gasteiger partial charge in [-0.2, -0.15) is 4.31 Å². The SMILES string of the molecule is CN1CCC(CCNC(=O)/C=C/c2ccc(S(=O)(=O)N3CCCCCC3)cc2)CC1. The van der Waals surface area contributed by atoms with E-state index in [1.54, 1.807) is 34.6 Å². The number of hydrogen-bond donors (Lipinski definition) is 1. The number of carbonyl (C=O) groups is 1. The molecule has 0 radical (unpaired) electrons. The highest BCUT2D eigenvalue weighted by Crippen LogP contribution is 2.21. The fraction of sp³-hybridized carbons (Fsp3) is 0.609. The lowest BCUT2D eigenvalue weighted by atomic mass is 9.94. The molecule has 0 saturated carbocycles. The highest BCUT2D eigenvalue weighted by atomic mass is 32.2. The molecular weight excluding hydrogens is 398 g/mol. The van der Waals surface area contributed by atoms with Crippen LogP contribution in [0.1, 0.15) is 50.5 Å². The van der Waals surface area contributed by atoms with Gasteiger partial charge < -0.3 is 10.2 Å². The van der Waals surface area contributed by atoms with E-state index in [2.05, 4.69) is 17.3 Å². The molecule has 2 heterocycles. The van der Waals surface area contributed by atoms with Crippen LogP contribution in [0.3, 0.4) is 0 Å². The number of amides is 1. The molecule has 3 rings (SSSR count). The monoisotopic (exact) mass is 433 g/mol. The molecule has 1 aromatic carbocycles. The van der Waals surface area contributed by atoms with Gasteiger partial charge in [0.2, 0.25) is 15.9 Å². The van der Waals surface area contributed by atoms with E-state index in [9.17, 15) is 13.2 Å². The minimum absolute atomic E-state index is 0.107. The van der Waals surface area contributed by atoms with Crippen molar-refractivity contribution in [2.45, 2.75) is 49.8 Å². The summed E-state index contributed by atoms with van der Waals surface area (Å²) in [6.45, 7) is 4.18. The second-order valence-corrected chi connectivity index (χ2v) is 10.5. The molecule has 1 amide bonds. The molecular formula is C23H35N3O3S. The first-order valence-electron chi connectivity index (χ1n) is 11.2. The highest BCUT2D eigenvalue weighted by Gasteiger charge is 2.24. The molecule has 6 nitrogen and oxygen atoms in total. The van der Waals surface area contributed by atoms with Gasteiger partial charge in [-0.1, -0.05) is 25.0 Å². The molecule has 30 heavy (non-hydrogen) atoms. The van der Waals surface area contributed by atoms with Crippen molar-refractivity contribution in [3.05, 3.63) is 35.9 Å². The smallest absolute Gasteiger partial charge is 0.243 e. The Hall–Kier alpha value is -1.70. The Morgan fingerprint density at radius 3 is 2.30 bits per heavy atom. The number of nitrogens with zero attached hydrogens (tertiary/aromatic N) is 2. The van der Waals surface area contributed by atoms with Gasteiger partial charge in [0.25, 0.3) is 0 Å². The van der Waals surface area contributed by atoms with Crippen LogP contribution >= 0.6 is 0 Å². The van der Waals surface area contributed by atoms with E-state index in [1.807, 2.05) is 0 Å². The maximum atomic E-state index is 12.8. The third kappa shape index (κ3) is 6.65. The van der Waals surface area contributed by atoms with E-state index in [0.29, 0.717) is 30.4 Å². The first-order valence-corrected chi connectivity index (χ1v) is 12.6. The summed E-state index contributed by atoms with van der Waals surface area (Å²) in [7, 11) is -1.28. The second kappa shape index (κ2) is 11.1. The van der Waals surface area contributed by atoms with Gasteiger partial charge in [-0.15, -0.1) is 0 Å². The summed E-state index contributed by atoms with van der Waals surface area (Å²) in [5.41, 5.74) is 0.815. The lowest BCUT2D eigenvalue weighted by molar-refractivity contribution is -0.116. The average molecular weight is 434 g/mol. The quantitative estimate of drug-likeness (QED) is 0.671. The van der Waals surface area contributed by atoms with Crippen LogP contribution < -0.4 is 5.32 Å². The molecule has 1 aromatic rings. The van der Waals surface area contributed by atoms with Crippen molar-refractivity contribution < 1.29 is 13.2 Å². The van der Waals surface area contributed by atoms with Crippen LogP contribution in [0.4, 0.5) is 0 Å². The van der Waals surface area contributed by atoms with Crippen LogP contribution in [0, 0.1) is 5.92 Å². The fourth-order valence-corrected chi connectivity index (χ4v) is 5.68. The van der Waals surface area contributed by atoms with Crippen molar-refractivity contribution >= 4 is 22.0 Å². The molecule has 166 valence electrons. The van der Waals surface area contributed by atoms with Crippen molar-refractivity contribution in [2.24, 2.45) is 5.92 Å². The summed E-state index contributed by atoms with van der Waals surface area (Å²) in [5.74, 6) is 0.591. The van der Waals surface area contributed by atoms with E-state index in [-0.39, 0.29) is 5.91 Å². The van der Waals surface area contributed by atoms with E-state index in [1.165, 1.54) is 18.9 Å². The van der Waals surface area contributed by atoms with Crippen LogP contribution in [-0.4, -0.2) is 63.3 Å². The van der Waals surface area contributed by atoms with E-state index >= 15 is 0 Å². The van der Waals surface area contributed by atoms with Gasteiger partial charge in [0, 0.05) is 25.7 Å². The average Bonchev–Trinajstić information content (AvgIpc) is 3.04. The standard InChI is InChI=1S/C23H35N3O3S/c1-25-18-13-21(14-19-25)12-15-24-23(27)11-8-20-6-9-22(10-7-20)30(28,29)26-16-4-2-3-5-17-26/h6-11,21H,2-5,12-19H2,1H3,(H,24,27)/b11-8+. The zero-order valence-electron chi connectivity index (χ0n) is 18.1. The van der Waals surface area contributed by atoms with Crippen LogP contribution in [0.5, 0.6) is 0 Å². The van der Waals surface area contributed by atoms with E-state index in [0.717, 1.165) is 50.8 Å². The minimum Gasteiger partial charge on any atom is -0.353 e. The number of carbonyl (C=O) groups excluding carboxylic acids is 1. The first-order chi connectivity index (χ1) is 14.4. The van der Waals surface area contributed by atoms with Crippen LogP contribution in [0.15, 0.2) is 35.2 Å². The summed E-state index contributed by atoms with van der Waals surface area (Å²) in [5, 5.41) is 2.95. The molecule has 0 spiro atoms. The summed E-state index contributed by atoms with van der Waals surface area (Å²) in [4.78, 5) is 14.7. The number of piperidine rings is 1. The summed E-state index contributed by atoms with van der Waals surface area (Å²) in [6, 6.07) is 6.79. The predicted molar refractivity (Wildman–Crippen MR) is 121 cm³/mol. The van der Waals surface area contributed by atoms with Crippen molar-refractivity contribution in [3.63, 3.8) is 0 Å². The molecule has 7 heteroatoms. The van der Waals surface area contributed by atoms with Crippen molar-refractivity contribution in [3.8, 4) is 0 Å². The summed E-state index contributed by atoms with van der Waals surface area (Å²) in [6.07, 6.45) is 10.7. The normalized spacial score (nSPS) is 20.3. The number of nitrogens with one attached hydrogen (secondary N) is 1.